The lowest BCUT2D eigenvalue weighted by Crippen LogP contribution is -2.15. The molecule has 52 heavy (non-hydrogen) atoms. The molecular formula is C49H35N3. The third-order valence-corrected chi connectivity index (χ3v) is 10.8. The molecule has 0 saturated heterocycles. The van der Waals surface area contributed by atoms with Crippen LogP contribution in [0, 0.1) is 0 Å². The van der Waals surface area contributed by atoms with Crippen LogP contribution in [-0.4, -0.2) is 14.5 Å². The van der Waals surface area contributed by atoms with Gasteiger partial charge in [-0.25, -0.2) is 9.97 Å². The normalized spacial score (nSPS) is 13.0. The van der Waals surface area contributed by atoms with Crippen molar-refractivity contribution in [3.63, 3.8) is 0 Å². The maximum absolute atomic E-state index is 5.35. The van der Waals surface area contributed by atoms with Crippen molar-refractivity contribution in [1.82, 2.24) is 14.5 Å². The van der Waals surface area contributed by atoms with Crippen LogP contribution >= 0.6 is 0 Å². The molecule has 2 heterocycles. The quantitative estimate of drug-likeness (QED) is 0.183. The summed E-state index contributed by atoms with van der Waals surface area (Å²) in [6.45, 7) is 4.71. The lowest BCUT2D eigenvalue weighted by Gasteiger charge is -2.22. The van der Waals surface area contributed by atoms with E-state index in [4.69, 9.17) is 9.97 Å². The first kappa shape index (κ1) is 30.3. The van der Waals surface area contributed by atoms with E-state index in [1.54, 1.807) is 0 Å². The van der Waals surface area contributed by atoms with Gasteiger partial charge < -0.3 is 4.57 Å². The Labute approximate surface area is 303 Å². The van der Waals surface area contributed by atoms with E-state index < -0.39 is 0 Å². The second kappa shape index (κ2) is 11.8. The number of aromatic nitrogens is 3. The number of hydrogen-bond donors (Lipinski definition) is 0. The SMILES string of the molecule is CC1(C)c2ccccc2-c2cc3c4ccccc4n(-c4ccc(-c5ccccc5)cc4-c4cc(-c5ccccc5)nc(-c5ccccc5)n4)c3cc21. The second-order valence-electron chi connectivity index (χ2n) is 14.2. The van der Waals surface area contributed by atoms with E-state index in [1.807, 2.05) is 24.3 Å². The van der Waals surface area contributed by atoms with Crippen LogP contribution in [0.15, 0.2) is 176 Å². The third-order valence-electron chi connectivity index (χ3n) is 10.8. The smallest absolute Gasteiger partial charge is 0.160 e. The van der Waals surface area contributed by atoms with Crippen LogP contribution in [0.3, 0.4) is 0 Å². The molecule has 246 valence electrons. The Morgan fingerprint density at radius 2 is 1.04 bits per heavy atom. The second-order valence-corrected chi connectivity index (χ2v) is 14.2. The molecule has 0 atom stereocenters. The number of nitrogens with zero attached hydrogens (tertiary/aromatic N) is 3. The summed E-state index contributed by atoms with van der Waals surface area (Å²) in [5, 5.41) is 2.48. The zero-order valence-corrected chi connectivity index (χ0v) is 29.1. The molecule has 7 aromatic carbocycles. The molecule has 9 aromatic rings. The van der Waals surface area contributed by atoms with Crippen LogP contribution in [0.5, 0.6) is 0 Å². The summed E-state index contributed by atoms with van der Waals surface area (Å²) in [6, 6.07) is 62.9. The van der Waals surface area contributed by atoms with E-state index in [0.717, 1.165) is 44.9 Å². The molecule has 10 rings (SSSR count). The number of hydrogen-bond acceptors (Lipinski definition) is 2. The van der Waals surface area contributed by atoms with E-state index >= 15 is 0 Å². The van der Waals surface area contributed by atoms with Crippen molar-refractivity contribution in [2.45, 2.75) is 19.3 Å². The van der Waals surface area contributed by atoms with Crippen molar-refractivity contribution < 1.29 is 0 Å². The largest absolute Gasteiger partial charge is 0.309 e. The van der Waals surface area contributed by atoms with Crippen LogP contribution in [0.4, 0.5) is 0 Å². The minimum atomic E-state index is -0.122. The van der Waals surface area contributed by atoms with Gasteiger partial charge >= 0.3 is 0 Å². The molecule has 2 aromatic heterocycles. The molecule has 1 aliphatic rings. The van der Waals surface area contributed by atoms with Gasteiger partial charge in [-0.05, 0) is 69.8 Å². The number of para-hydroxylation sites is 1. The first-order valence-corrected chi connectivity index (χ1v) is 17.9. The molecule has 0 aliphatic heterocycles. The van der Waals surface area contributed by atoms with Crippen LogP contribution in [0.25, 0.3) is 83.6 Å². The predicted octanol–water partition coefficient (Wildman–Crippen LogP) is 12.5. The molecule has 3 heteroatoms. The fourth-order valence-electron chi connectivity index (χ4n) is 8.23. The van der Waals surface area contributed by atoms with Gasteiger partial charge in [0.15, 0.2) is 5.82 Å². The van der Waals surface area contributed by atoms with E-state index in [-0.39, 0.29) is 5.41 Å². The highest BCUT2D eigenvalue weighted by Crippen LogP contribution is 2.51. The lowest BCUT2D eigenvalue weighted by molar-refractivity contribution is 0.661. The van der Waals surface area contributed by atoms with E-state index in [0.29, 0.717) is 5.82 Å². The maximum atomic E-state index is 5.35. The summed E-state index contributed by atoms with van der Waals surface area (Å²) < 4.78 is 2.46. The van der Waals surface area contributed by atoms with E-state index in [2.05, 4.69) is 170 Å². The van der Waals surface area contributed by atoms with Gasteiger partial charge in [0.05, 0.1) is 28.1 Å². The molecule has 3 nitrogen and oxygen atoms in total. The predicted molar refractivity (Wildman–Crippen MR) is 216 cm³/mol. The Bertz CT molecular complexity index is 2740. The lowest BCUT2D eigenvalue weighted by atomic mass is 9.82. The molecule has 1 aliphatic carbocycles. The summed E-state index contributed by atoms with van der Waals surface area (Å²) in [5.41, 5.74) is 15.9. The number of fused-ring (bicyclic) bond motifs is 6. The van der Waals surface area contributed by atoms with Gasteiger partial charge in [0.1, 0.15) is 0 Å². The topological polar surface area (TPSA) is 30.7 Å². The standard InChI is InChI=1S/C49H35N3/c1-49(2)41-24-14-12-22-36(41)38-29-39-37-23-13-15-25-45(37)52(47(39)30-42(38)49)46-27-26-35(32-16-6-3-7-17-32)28-40(46)44-31-43(33-18-8-4-9-19-33)50-48(51-44)34-20-10-5-11-21-34/h3-31H,1-2H3. The fraction of sp³-hybridized carbons (Fsp3) is 0.0612. The highest BCUT2D eigenvalue weighted by molar-refractivity contribution is 6.12. The zero-order chi connectivity index (χ0) is 34.8. The fourth-order valence-corrected chi connectivity index (χ4v) is 8.23. The summed E-state index contributed by atoms with van der Waals surface area (Å²) in [7, 11) is 0. The molecule has 0 amide bonds. The Morgan fingerprint density at radius 1 is 0.404 bits per heavy atom. The molecule has 0 radical (unpaired) electrons. The first-order chi connectivity index (χ1) is 25.5. The first-order valence-electron chi connectivity index (χ1n) is 17.9. The average molecular weight is 666 g/mol. The molecule has 0 fully saturated rings. The van der Waals surface area contributed by atoms with Crippen molar-refractivity contribution >= 4 is 21.8 Å². The summed E-state index contributed by atoms with van der Waals surface area (Å²) in [5.74, 6) is 0.701. The molecule has 0 saturated carbocycles. The van der Waals surface area contributed by atoms with Crippen LogP contribution in [0.2, 0.25) is 0 Å². The summed E-state index contributed by atoms with van der Waals surface area (Å²) in [6.07, 6.45) is 0. The molecular weight excluding hydrogens is 631 g/mol. The van der Waals surface area contributed by atoms with Crippen molar-refractivity contribution in [3.8, 4) is 61.8 Å². The number of benzene rings is 7. The van der Waals surface area contributed by atoms with Gasteiger partial charge in [-0.1, -0.05) is 153 Å². The molecule has 0 unspecified atom stereocenters. The van der Waals surface area contributed by atoms with Gasteiger partial charge in [0.25, 0.3) is 0 Å². The van der Waals surface area contributed by atoms with Crippen molar-refractivity contribution in [2.75, 3.05) is 0 Å². The van der Waals surface area contributed by atoms with Gasteiger partial charge in [-0.3, -0.25) is 0 Å². The third kappa shape index (κ3) is 4.74. The Kier molecular flexibility index (Phi) is 6.84. The van der Waals surface area contributed by atoms with Crippen LogP contribution < -0.4 is 0 Å². The Balaban J connectivity index is 1.29. The molecule has 0 spiro atoms. The average Bonchev–Trinajstić information content (AvgIpc) is 3.65. The Morgan fingerprint density at radius 3 is 1.81 bits per heavy atom. The summed E-state index contributed by atoms with van der Waals surface area (Å²) >= 11 is 0. The van der Waals surface area contributed by atoms with E-state index in [9.17, 15) is 0 Å². The van der Waals surface area contributed by atoms with E-state index in [1.165, 1.54) is 44.1 Å². The number of rotatable bonds is 5. The minimum Gasteiger partial charge on any atom is -0.309 e. The van der Waals surface area contributed by atoms with Crippen LogP contribution in [0.1, 0.15) is 25.0 Å². The van der Waals surface area contributed by atoms with Crippen molar-refractivity contribution in [1.29, 1.82) is 0 Å². The monoisotopic (exact) mass is 665 g/mol. The molecule has 0 N–H and O–H groups in total. The maximum Gasteiger partial charge on any atom is 0.160 e. The van der Waals surface area contributed by atoms with Crippen molar-refractivity contribution in [2.24, 2.45) is 0 Å². The highest BCUT2D eigenvalue weighted by atomic mass is 15.0. The van der Waals surface area contributed by atoms with Crippen molar-refractivity contribution in [3.05, 3.63) is 187 Å². The Hall–Kier alpha value is -6.58. The zero-order valence-electron chi connectivity index (χ0n) is 29.1. The minimum absolute atomic E-state index is 0.122. The van der Waals surface area contributed by atoms with Gasteiger partial charge in [0, 0.05) is 32.9 Å². The highest BCUT2D eigenvalue weighted by Gasteiger charge is 2.36. The van der Waals surface area contributed by atoms with Gasteiger partial charge in [-0.2, -0.15) is 0 Å². The van der Waals surface area contributed by atoms with Crippen LogP contribution in [-0.2, 0) is 5.41 Å². The van der Waals surface area contributed by atoms with Gasteiger partial charge in [0.2, 0.25) is 0 Å². The molecule has 0 bridgehead atoms. The van der Waals surface area contributed by atoms with Gasteiger partial charge in [-0.15, -0.1) is 0 Å². The summed E-state index contributed by atoms with van der Waals surface area (Å²) in [4.78, 5) is 10.5.